The summed E-state index contributed by atoms with van der Waals surface area (Å²) in [6.45, 7) is 7.55. The van der Waals surface area contributed by atoms with Crippen molar-refractivity contribution in [3.63, 3.8) is 0 Å². The number of carboxylic acids is 1. The van der Waals surface area contributed by atoms with E-state index in [1.54, 1.807) is 0 Å². The topological polar surface area (TPSA) is 49.3 Å². The highest BCUT2D eigenvalue weighted by Gasteiger charge is 2.21. The minimum atomic E-state index is -0.692. The van der Waals surface area contributed by atoms with E-state index < -0.39 is 5.97 Å². The molecule has 0 aliphatic heterocycles. The van der Waals surface area contributed by atoms with Crippen LogP contribution >= 0.6 is 12.4 Å². The number of hydrogen-bond acceptors (Lipinski definition) is 2. The third kappa shape index (κ3) is 7.07. The molecule has 0 unspecified atom stereocenters. The fraction of sp³-hybridized carbons (Fsp3) is 0.917. The molecule has 4 heteroatoms. The van der Waals surface area contributed by atoms with Crippen molar-refractivity contribution in [2.45, 2.75) is 64.8 Å². The SMILES string of the molecule is CCC(CC)(CC)NCCCCC(=O)O.Cl. The summed E-state index contributed by atoms with van der Waals surface area (Å²) in [6, 6.07) is 0. The number of rotatable bonds is 9. The van der Waals surface area contributed by atoms with Gasteiger partial charge < -0.3 is 10.4 Å². The molecule has 0 radical (unpaired) electrons. The zero-order valence-corrected chi connectivity index (χ0v) is 11.5. The van der Waals surface area contributed by atoms with Gasteiger partial charge in [0.05, 0.1) is 0 Å². The average Bonchev–Trinajstić information content (AvgIpc) is 2.24. The van der Waals surface area contributed by atoms with Gasteiger partial charge in [-0.25, -0.2) is 0 Å². The van der Waals surface area contributed by atoms with Gasteiger partial charge in [-0.3, -0.25) is 4.79 Å². The van der Waals surface area contributed by atoms with E-state index in [0.717, 1.165) is 38.6 Å². The van der Waals surface area contributed by atoms with Crippen molar-refractivity contribution in [3.8, 4) is 0 Å². The molecule has 0 spiro atoms. The first-order valence-corrected chi connectivity index (χ1v) is 6.07. The van der Waals surface area contributed by atoms with Gasteiger partial charge in [0.2, 0.25) is 0 Å². The van der Waals surface area contributed by atoms with Crippen molar-refractivity contribution >= 4 is 18.4 Å². The number of carbonyl (C=O) groups is 1. The molecular weight excluding hydrogens is 226 g/mol. The standard InChI is InChI=1S/C12H25NO2.ClH/c1-4-12(5-2,6-3)13-10-8-7-9-11(14)15;/h13H,4-10H2,1-3H3,(H,14,15);1H. The second-order valence-corrected chi connectivity index (χ2v) is 4.12. The smallest absolute Gasteiger partial charge is 0.303 e. The molecule has 98 valence electrons. The second-order valence-electron chi connectivity index (χ2n) is 4.12. The Hall–Kier alpha value is -0.280. The molecule has 0 aromatic rings. The Kier molecular flexibility index (Phi) is 11.2. The van der Waals surface area contributed by atoms with E-state index in [4.69, 9.17) is 5.11 Å². The van der Waals surface area contributed by atoms with E-state index in [-0.39, 0.29) is 17.9 Å². The summed E-state index contributed by atoms with van der Waals surface area (Å²) in [5, 5.41) is 12.1. The summed E-state index contributed by atoms with van der Waals surface area (Å²) in [4.78, 5) is 10.3. The molecule has 0 aliphatic rings. The van der Waals surface area contributed by atoms with Crippen LogP contribution in [0.3, 0.4) is 0 Å². The van der Waals surface area contributed by atoms with E-state index in [9.17, 15) is 4.79 Å². The molecule has 0 fully saturated rings. The fourth-order valence-corrected chi connectivity index (χ4v) is 1.88. The number of nitrogens with one attached hydrogen (secondary N) is 1. The van der Waals surface area contributed by atoms with Gasteiger partial charge in [0.15, 0.2) is 0 Å². The molecule has 0 bridgehead atoms. The Morgan fingerprint density at radius 1 is 1.12 bits per heavy atom. The van der Waals surface area contributed by atoms with Crippen molar-refractivity contribution in [1.82, 2.24) is 5.32 Å². The maximum Gasteiger partial charge on any atom is 0.303 e. The highest BCUT2D eigenvalue weighted by Crippen LogP contribution is 2.19. The summed E-state index contributed by atoms with van der Waals surface area (Å²) in [5.74, 6) is -0.692. The van der Waals surface area contributed by atoms with Crippen LogP contribution in [0.1, 0.15) is 59.3 Å². The summed E-state index contributed by atoms with van der Waals surface area (Å²) in [5.41, 5.74) is 0.267. The molecule has 0 atom stereocenters. The molecule has 0 aromatic heterocycles. The molecule has 3 nitrogen and oxygen atoms in total. The first-order chi connectivity index (χ1) is 7.10. The van der Waals surface area contributed by atoms with Crippen LogP contribution in [-0.2, 0) is 4.79 Å². The number of hydrogen-bond donors (Lipinski definition) is 2. The second kappa shape index (κ2) is 9.91. The Bertz CT molecular complexity index is 174. The van der Waals surface area contributed by atoms with Crippen LogP contribution in [0.25, 0.3) is 0 Å². The van der Waals surface area contributed by atoms with E-state index in [1.165, 1.54) is 0 Å². The van der Waals surface area contributed by atoms with Crippen molar-refractivity contribution < 1.29 is 9.90 Å². The molecule has 0 heterocycles. The quantitative estimate of drug-likeness (QED) is 0.619. The first kappa shape index (κ1) is 18.1. The molecule has 0 aromatic carbocycles. The highest BCUT2D eigenvalue weighted by molar-refractivity contribution is 5.85. The minimum absolute atomic E-state index is 0. The maximum absolute atomic E-state index is 10.3. The summed E-state index contributed by atoms with van der Waals surface area (Å²) in [7, 11) is 0. The third-order valence-corrected chi connectivity index (χ3v) is 3.35. The molecule has 0 amide bonds. The van der Waals surface area contributed by atoms with Gasteiger partial charge >= 0.3 is 5.97 Å². The molecule has 0 rings (SSSR count). The van der Waals surface area contributed by atoms with Crippen molar-refractivity contribution in [1.29, 1.82) is 0 Å². The van der Waals surface area contributed by atoms with Gasteiger partial charge in [0, 0.05) is 12.0 Å². The number of halogens is 1. The van der Waals surface area contributed by atoms with E-state index in [0.29, 0.717) is 6.42 Å². The lowest BCUT2D eigenvalue weighted by molar-refractivity contribution is -0.137. The van der Waals surface area contributed by atoms with Gasteiger partial charge in [-0.15, -0.1) is 12.4 Å². The summed E-state index contributed by atoms with van der Waals surface area (Å²) >= 11 is 0. The van der Waals surface area contributed by atoms with E-state index in [1.807, 2.05) is 0 Å². The molecular formula is C12H26ClNO2. The maximum atomic E-state index is 10.3. The molecule has 0 saturated carbocycles. The van der Waals surface area contributed by atoms with Crippen LogP contribution in [0.15, 0.2) is 0 Å². The molecule has 2 N–H and O–H groups in total. The Balaban J connectivity index is 0. The minimum Gasteiger partial charge on any atom is -0.481 e. The van der Waals surface area contributed by atoms with Gasteiger partial charge in [-0.1, -0.05) is 20.8 Å². The van der Waals surface area contributed by atoms with Crippen LogP contribution in [0.4, 0.5) is 0 Å². The average molecular weight is 252 g/mol. The number of unbranched alkanes of at least 4 members (excludes halogenated alkanes) is 1. The molecule has 0 saturated heterocycles. The lowest BCUT2D eigenvalue weighted by Gasteiger charge is -2.32. The Labute approximate surface area is 105 Å². The predicted octanol–water partition coefficient (Wildman–Crippen LogP) is 3.22. The zero-order chi connectivity index (χ0) is 11.7. The Morgan fingerprint density at radius 3 is 2.00 bits per heavy atom. The van der Waals surface area contributed by atoms with Gasteiger partial charge in [-0.05, 0) is 38.6 Å². The summed E-state index contributed by atoms with van der Waals surface area (Å²) < 4.78 is 0. The summed E-state index contributed by atoms with van der Waals surface area (Å²) in [6.07, 6.45) is 5.43. The molecule has 16 heavy (non-hydrogen) atoms. The lowest BCUT2D eigenvalue weighted by Crippen LogP contribution is -2.44. The van der Waals surface area contributed by atoms with Crippen LogP contribution < -0.4 is 5.32 Å². The van der Waals surface area contributed by atoms with Crippen molar-refractivity contribution in [2.24, 2.45) is 0 Å². The van der Waals surface area contributed by atoms with Crippen molar-refractivity contribution in [3.05, 3.63) is 0 Å². The fourth-order valence-electron chi connectivity index (χ4n) is 1.88. The van der Waals surface area contributed by atoms with E-state index in [2.05, 4.69) is 26.1 Å². The van der Waals surface area contributed by atoms with Crippen LogP contribution in [0.2, 0.25) is 0 Å². The van der Waals surface area contributed by atoms with Crippen molar-refractivity contribution in [2.75, 3.05) is 6.54 Å². The van der Waals surface area contributed by atoms with Gasteiger partial charge in [0.25, 0.3) is 0 Å². The zero-order valence-electron chi connectivity index (χ0n) is 10.7. The van der Waals surface area contributed by atoms with Crippen LogP contribution in [-0.4, -0.2) is 23.2 Å². The van der Waals surface area contributed by atoms with Crippen LogP contribution in [0.5, 0.6) is 0 Å². The number of carboxylic acid groups (broad SMARTS) is 1. The normalized spacial score (nSPS) is 10.9. The molecule has 0 aliphatic carbocycles. The van der Waals surface area contributed by atoms with Gasteiger partial charge in [0.1, 0.15) is 0 Å². The Morgan fingerprint density at radius 2 is 1.62 bits per heavy atom. The number of aliphatic carboxylic acids is 1. The first-order valence-electron chi connectivity index (χ1n) is 6.07. The largest absolute Gasteiger partial charge is 0.481 e. The van der Waals surface area contributed by atoms with Crippen LogP contribution in [0, 0.1) is 0 Å². The third-order valence-electron chi connectivity index (χ3n) is 3.35. The van der Waals surface area contributed by atoms with E-state index >= 15 is 0 Å². The monoisotopic (exact) mass is 251 g/mol. The van der Waals surface area contributed by atoms with Gasteiger partial charge in [-0.2, -0.15) is 0 Å². The predicted molar refractivity (Wildman–Crippen MR) is 70.3 cm³/mol. The highest BCUT2D eigenvalue weighted by atomic mass is 35.5. The lowest BCUT2D eigenvalue weighted by atomic mass is 9.90.